The van der Waals surface area contributed by atoms with E-state index in [0.717, 1.165) is 0 Å². The molecule has 0 saturated carbocycles. The predicted molar refractivity (Wildman–Crippen MR) is 59.6 cm³/mol. The normalized spacial score (nSPS) is 10.4. The molecular formula is C9H6BrFN2S. The maximum absolute atomic E-state index is 13.2. The van der Waals surface area contributed by atoms with Gasteiger partial charge in [0.25, 0.3) is 0 Å². The second-order valence-electron chi connectivity index (χ2n) is 2.69. The summed E-state index contributed by atoms with van der Waals surface area (Å²) in [6.07, 6.45) is 0. The Morgan fingerprint density at radius 2 is 2.21 bits per heavy atom. The van der Waals surface area contributed by atoms with Crippen molar-refractivity contribution in [3.8, 4) is 11.3 Å². The first kappa shape index (κ1) is 9.61. The zero-order valence-electron chi connectivity index (χ0n) is 7.00. The monoisotopic (exact) mass is 272 g/mol. The van der Waals surface area contributed by atoms with Crippen molar-refractivity contribution >= 4 is 32.3 Å². The molecule has 5 heteroatoms. The molecule has 0 bridgehead atoms. The summed E-state index contributed by atoms with van der Waals surface area (Å²) in [6.45, 7) is 0. The minimum absolute atomic E-state index is 0.310. The maximum Gasteiger partial charge on any atom is 0.138 e. The number of hydrogen-bond acceptors (Lipinski definition) is 3. The molecule has 1 aromatic carbocycles. The fraction of sp³-hybridized carbons (Fsp3) is 0. The molecule has 2 N–H and O–H groups in total. The fourth-order valence-corrected chi connectivity index (χ4v) is 1.92. The second-order valence-corrected chi connectivity index (χ2v) is 4.43. The fourth-order valence-electron chi connectivity index (χ4n) is 1.12. The first-order chi connectivity index (χ1) is 6.68. The van der Waals surface area contributed by atoms with E-state index < -0.39 is 0 Å². The third kappa shape index (κ3) is 1.65. The SMILES string of the molecule is Nc1scnc1-c1ccc(Br)c(F)c1. The van der Waals surface area contributed by atoms with Crippen LogP contribution in [0.15, 0.2) is 28.2 Å². The van der Waals surface area contributed by atoms with Gasteiger partial charge in [-0.25, -0.2) is 9.37 Å². The minimum atomic E-state index is -0.310. The molecule has 0 aliphatic rings. The van der Waals surface area contributed by atoms with Gasteiger partial charge in [-0.1, -0.05) is 6.07 Å². The molecule has 14 heavy (non-hydrogen) atoms. The number of nitrogens with zero attached hydrogens (tertiary/aromatic N) is 1. The zero-order chi connectivity index (χ0) is 10.1. The summed E-state index contributed by atoms with van der Waals surface area (Å²) in [6, 6.07) is 4.83. The van der Waals surface area contributed by atoms with E-state index in [0.29, 0.717) is 20.7 Å². The van der Waals surface area contributed by atoms with Gasteiger partial charge in [0.2, 0.25) is 0 Å². The van der Waals surface area contributed by atoms with Gasteiger partial charge in [0.05, 0.1) is 9.98 Å². The van der Waals surface area contributed by atoms with E-state index in [4.69, 9.17) is 5.73 Å². The summed E-state index contributed by atoms with van der Waals surface area (Å²) >= 11 is 4.43. The van der Waals surface area contributed by atoms with Gasteiger partial charge in [0.15, 0.2) is 0 Å². The van der Waals surface area contributed by atoms with E-state index in [-0.39, 0.29) is 5.82 Å². The second kappa shape index (κ2) is 3.67. The standard InChI is InChI=1S/C9H6BrFN2S/c10-6-2-1-5(3-7(6)11)8-9(12)14-4-13-8/h1-4H,12H2. The van der Waals surface area contributed by atoms with Crippen LogP contribution in [0.3, 0.4) is 0 Å². The molecule has 1 aromatic heterocycles. The lowest BCUT2D eigenvalue weighted by Gasteiger charge is -2.00. The zero-order valence-corrected chi connectivity index (χ0v) is 9.40. The van der Waals surface area contributed by atoms with Gasteiger partial charge in [-0.05, 0) is 28.1 Å². The molecule has 0 aliphatic carbocycles. The molecule has 0 aliphatic heterocycles. The van der Waals surface area contributed by atoms with Crippen molar-refractivity contribution in [1.29, 1.82) is 0 Å². The molecule has 2 nitrogen and oxygen atoms in total. The Hall–Kier alpha value is -0.940. The van der Waals surface area contributed by atoms with Crippen molar-refractivity contribution in [2.45, 2.75) is 0 Å². The number of halogens is 2. The van der Waals surface area contributed by atoms with E-state index in [1.165, 1.54) is 17.4 Å². The molecule has 0 amide bonds. The third-order valence-corrected chi connectivity index (χ3v) is 3.09. The molecule has 72 valence electrons. The van der Waals surface area contributed by atoms with E-state index in [1.54, 1.807) is 17.6 Å². The number of benzene rings is 1. The quantitative estimate of drug-likeness (QED) is 0.865. The van der Waals surface area contributed by atoms with Crippen LogP contribution in [0.5, 0.6) is 0 Å². The Balaban J connectivity index is 2.53. The Bertz CT molecular complexity index is 470. The highest BCUT2D eigenvalue weighted by Crippen LogP contribution is 2.29. The molecule has 0 spiro atoms. The number of thiazole rings is 1. The summed E-state index contributed by atoms with van der Waals surface area (Å²) in [7, 11) is 0. The summed E-state index contributed by atoms with van der Waals surface area (Å²) < 4.78 is 13.6. The Morgan fingerprint density at radius 3 is 2.79 bits per heavy atom. The highest BCUT2D eigenvalue weighted by atomic mass is 79.9. The van der Waals surface area contributed by atoms with Crippen LogP contribution in [0.1, 0.15) is 0 Å². The molecule has 0 atom stereocenters. The van der Waals surface area contributed by atoms with Crippen molar-refractivity contribution in [1.82, 2.24) is 4.98 Å². The van der Waals surface area contributed by atoms with Gasteiger partial charge in [0, 0.05) is 5.56 Å². The molecule has 2 rings (SSSR count). The van der Waals surface area contributed by atoms with Crippen LogP contribution in [0.2, 0.25) is 0 Å². The van der Waals surface area contributed by atoms with Gasteiger partial charge < -0.3 is 5.73 Å². The number of anilines is 1. The van der Waals surface area contributed by atoms with Gasteiger partial charge in [0.1, 0.15) is 16.5 Å². The first-order valence-electron chi connectivity index (χ1n) is 3.83. The number of aromatic nitrogens is 1. The van der Waals surface area contributed by atoms with Crippen molar-refractivity contribution in [3.63, 3.8) is 0 Å². The number of rotatable bonds is 1. The highest BCUT2D eigenvalue weighted by Gasteiger charge is 2.07. The van der Waals surface area contributed by atoms with Crippen molar-refractivity contribution < 1.29 is 4.39 Å². The van der Waals surface area contributed by atoms with Crippen LogP contribution in [0, 0.1) is 5.82 Å². The number of nitrogen functional groups attached to an aromatic ring is 1. The first-order valence-corrected chi connectivity index (χ1v) is 5.50. The smallest absolute Gasteiger partial charge is 0.138 e. The van der Waals surface area contributed by atoms with Crippen LogP contribution >= 0.6 is 27.3 Å². The van der Waals surface area contributed by atoms with Crippen molar-refractivity contribution in [2.24, 2.45) is 0 Å². The topological polar surface area (TPSA) is 38.9 Å². The average molecular weight is 273 g/mol. The predicted octanol–water partition coefficient (Wildman–Crippen LogP) is 3.29. The maximum atomic E-state index is 13.2. The molecule has 1 heterocycles. The molecule has 0 fully saturated rings. The van der Waals surface area contributed by atoms with Crippen LogP contribution in [0.4, 0.5) is 9.39 Å². The lowest BCUT2D eigenvalue weighted by molar-refractivity contribution is 0.621. The van der Waals surface area contributed by atoms with Crippen LogP contribution in [0.25, 0.3) is 11.3 Å². The largest absolute Gasteiger partial charge is 0.389 e. The summed E-state index contributed by atoms with van der Waals surface area (Å²) in [5, 5.41) is 0.603. The number of nitrogens with two attached hydrogens (primary N) is 1. The van der Waals surface area contributed by atoms with Crippen LogP contribution in [-0.4, -0.2) is 4.98 Å². The summed E-state index contributed by atoms with van der Waals surface area (Å²) in [5.41, 5.74) is 8.66. The van der Waals surface area contributed by atoms with E-state index in [9.17, 15) is 4.39 Å². The summed E-state index contributed by atoms with van der Waals surface area (Å²) in [5.74, 6) is -0.310. The molecule has 0 unspecified atom stereocenters. The van der Waals surface area contributed by atoms with Gasteiger partial charge >= 0.3 is 0 Å². The molecule has 0 radical (unpaired) electrons. The van der Waals surface area contributed by atoms with E-state index in [1.807, 2.05) is 0 Å². The van der Waals surface area contributed by atoms with E-state index in [2.05, 4.69) is 20.9 Å². The van der Waals surface area contributed by atoms with Gasteiger partial charge in [-0.15, -0.1) is 11.3 Å². The Labute approximate surface area is 92.7 Å². The minimum Gasteiger partial charge on any atom is -0.389 e. The highest BCUT2D eigenvalue weighted by molar-refractivity contribution is 9.10. The van der Waals surface area contributed by atoms with Crippen molar-refractivity contribution in [2.75, 3.05) is 5.73 Å². The van der Waals surface area contributed by atoms with Gasteiger partial charge in [-0.3, -0.25) is 0 Å². The van der Waals surface area contributed by atoms with Crippen LogP contribution < -0.4 is 5.73 Å². The third-order valence-electron chi connectivity index (χ3n) is 1.79. The molecule has 2 aromatic rings. The van der Waals surface area contributed by atoms with Gasteiger partial charge in [-0.2, -0.15) is 0 Å². The van der Waals surface area contributed by atoms with E-state index >= 15 is 0 Å². The summed E-state index contributed by atoms with van der Waals surface area (Å²) in [4.78, 5) is 4.07. The number of hydrogen-bond donors (Lipinski definition) is 1. The lowest BCUT2D eigenvalue weighted by Crippen LogP contribution is -1.87. The Morgan fingerprint density at radius 1 is 1.43 bits per heavy atom. The van der Waals surface area contributed by atoms with Crippen molar-refractivity contribution in [3.05, 3.63) is 34.0 Å². The molecular weight excluding hydrogens is 267 g/mol. The average Bonchev–Trinajstić information content (AvgIpc) is 2.57. The van der Waals surface area contributed by atoms with Crippen LogP contribution in [-0.2, 0) is 0 Å². The lowest BCUT2D eigenvalue weighted by atomic mass is 10.1. The Kier molecular flexibility index (Phi) is 2.52. The molecule has 0 saturated heterocycles.